The summed E-state index contributed by atoms with van der Waals surface area (Å²) >= 11 is 7.90. The summed E-state index contributed by atoms with van der Waals surface area (Å²) in [7, 11) is 0. The fourth-order valence-electron chi connectivity index (χ4n) is 8.03. The molecule has 0 aliphatic rings. The van der Waals surface area contributed by atoms with Crippen LogP contribution in [0.3, 0.4) is 0 Å². The zero-order chi connectivity index (χ0) is 48.6. The smallest absolute Gasteiger partial charge is 0.872 e. The molecule has 15 rings (SSSR count). The van der Waals surface area contributed by atoms with Crippen LogP contribution in [0.1, 0.15) is 5.56 Å². The maximum atomic E-state index is 11.8. The maximum Gasteiger partial charge on any atom is 2.00 e. The molecule has 13 aromatic heterocycles. The molecule has 0 saturated carbocycles. The number of nitrogens with one attached hydrogen (secondary N) is 5. The number of hydrogen-bond donors (Lipinski definition) is 0. The molecular formula is C51H32Be5N10O5S5+10. The summed E-state index contributed by atoms with van der Waals surface area (Å²) in [6.07, 6.45) is 18.4. The standard InChI is InChI=1S/C11H8N2OS.4C10H6N2OS.5Be/c1-6-2-7(14)10-8(3-6)15-9-4-12-5-13-11(9)10;13-10-8-6(3-5-12-10)14-7-2-1-4-11-9(7)8;13-6-3-5-12-10-8(6)9-7(14-10)2-1-4-11-9;13-6-4-11-5-8-9(6)10-7(14-8)2-1-3-12-10;13-6-2-1-3-7-9(6)10-8(14-7)4-11-5-12-10;;;;;/h2-5,14H,1H3;2*1-5H,(H,12,13);2*1-5,13H;;;;;/q;;;;;5*+2. The Labute approximate surface area is 469 Å². The Morgan fingerprint density at radius 2 is 0.842 bits per heavy atom. The molecule has 0 aliphatic heterocycles. The number of benzene rings is 2. The van der Waals surface area contributed by atoms with E-state index in [0.717, 1.165) is 96.4 Å². The number of aromatic amines is 5. The number of hydrogen-bond acceptors (Lipinski definition) is 15. The first-order chi connectivity index (χ1) is 34.7. The van der Waals surface area contributed by atoms with Crippen molar-refractivity contribution in [3.8, 4) is 28.9 Å². The van der Waals surface area contributed by atoms with Gasteiger partial charge in [-0.2, -0.15) is 0 Å². The maximum absolute atomic E-state index is 11.8. The number of thiophene rings is 5. The Kier molecular flexibility index (Phi) is 18.9. The molecule has 15 aromatic rings. The van der Waals surface area contributed by atoms with E-state index in [1.807, 2.05) is 80.1 Å². The molecule has 2 aromatic carbocycles. The molecule has 13 heterocycles. The van der Waals surface area contributed by atoms with Gasteiger partial charge < -0.3 is 25.5 Å². The summed E-state index contributed by atoms with van der Waals surface area (Å²) in [6.45, 7) is 1.94. The quantitative estimate of drug-likeness (QED) is 0.182. The first-order valence-electron chi connectivity index (χ1n) is 21.4. The van der Waals surface area contributed by atoms with E-state index in [1.165, 1.54) is 23.6 Å². The van der Waals surface area contributed by atoms with Crippen molar-refractivity contribution in [1.29, 1.82) is 0 Å². The first-order valence-corrected chi connectivity index (χ1v) is 25.5. The van der Waals surface area contributed by atoms with Crippen molar-refractivity contribution in [2.24, 2.45) is 0 Å². The SMILES string of the molecule is Cc1cc([O-])c2c(c1)sc1cnc[nH+]c12.[Be+2].[Be+2].[Be+2].[Be+2].[Be+2].[O-]c1cccc2sc3cnc[nH+]c3c12.[O-]c1ccnc2sc3ccc[nH+]c3c12.[O-]c1cncc2sc3ccc[nH+]c3c12.[O-]c1nccc2sc3ccc[nH+]c3c12. The van der Waals surface area contributed by atoms with Crippen molar-refractivity contribution >= 4 is 209 Å². The van der Waals surface area contributed by atoms with Gasteiger partial charge in [0.05, 0.1) is 20.9 Å². The molecule has 0 spiro atoms. The molecule has 25 heteroatoms. The van der Waals surface area contributed by atoms with Gasteiger partial charge in [-0.15, -0.1) is 56.7 Å². The molecule has 5 N–H and O–H groups in total. The van der Waals surface area contributed by atoms with Gasteiger partial charge in [-0.1, -0.05) is 62.8 Å². The minimum absolute atomic E-state index is 0. The summed E-state index contributed by atoms with van der Waals surface area (Å²) in [5.41, 5.74) is 5.50. The van der Waals surface area contributed by atoms with Crippen LogP contribution in [-0.2, 0) is 0 Å². The van der Waals surface area contributed by atoms with Gasteiger partial charge in [-0.3, -0.25) is 9.97 Å². The second-order valence-corrected chi connectivity index (χ2v) is 20.9. The van der Waals surface area contributed by atoms with Gasteiger partial charge in [0.1, 0.15) is 28.3 Å². The third-order valence-electron chi connectivity index (χ3n) is 11.1. The molecule has 15 nitrogen and oxygen atoms in total. The topological polar surface area (TPSA) is 250 Å². The van der Waals surface area contributed by atoms with Crippen LogP contribution >= 0.6 is 56.7 Å². The van der Waals surface area contributed by atoms with E-state index in [4.69, 9.17) is 0 Å². The predicted octanol–water partition coefficient (Wildman–Crippen LogP) is 5.09. The van der Waals surface area contributed by atoms with Crippen molar-refractivity contribution in [1.82, 2.24) is 24.9 Å². The van der Waals surface area contributed by atoms with E-state index >= 15 is 0 Å². The molecule has 0 saturated heterocycles. The summed E-state index contributed by atoms with van der Waals surface area (Å²) in [5, 5.41) is 61.9. The normalized spacial score (nSPS) is 10.4. The largest absolute Gasteiger partial charge is 2.00 e. The van der Waals surface area contributed by atoms with Crippen LogP contribution in [0.25, 0.3) is 102 Å². The van der Waals surface area contributed by atoms with Gasteiger partial charge in [-0.05, 0) is 43.3 Å². The Morgan fingerprint density at radius 1 is 0.368 bits per heavy atom. The van der Waals surface area contributed by atoms with Gasteiger partial charge in [0.2, 0.25) is 16.6 Å². The van der Waals surface area contributed by atoms with E-state index < -0.39 is 0 Å². The van der Waals surface area contributed by atoms with E-state index in [0.29, 0.717) is 10.8 Å². The van der Waals surface area contributed by atoms with Gasteiger partial charge in [-0.25, -0.2) is 29.9 Å². The molecule has 0 bridgehead atoms. The second-order valence-electron chi connectivity index (χ2n) is 15.6. The summed E-state index contributed by atoms with van der Waals surface area (Å²) < 4.78 is 9.26. The minimum atomic E-state index is -0.156. The van der Waals surface area contributed by atoms with E-state index in [1.54, 1.807) is 107 Å². The van der Waals surface area contributed by atoms with Crippen LogP contribution in [-0.4, -0.2) is 75.5 Å². The number of nitrogens with zero attached hydrogens (tertiary/aromatic N) is 5. The Hall–Kier alpha value is -7.56. The predicted molar refractivity (Wildman–Crippen MR) is 299 cm³/mol. The molecule has 0 atom stereocenters. The molecule has 76 heavy (non-hydrogen) atoms. The van der Waals surface area contributed by atoms with Crippen molar-refractivity contribution in [3.05, 3.63) is 153 Å². The Balaban J connectivity index is 0.000000152. The number of pyridine rings is 6. The van der Waals surface area contributed by atoms with Crippen molar-refractivity contribution in [2.45, 2.75) is 6.92 Å². The third-order valence-corrected chi connectivity index (χ3v) is 16.5. The zero-order valence-electron chi connectivity index (χ0n) is 40.2. The number of rotatable bonds is 0. The Bertz CT molecular complexity index is 4020. The number of H-pyrrole nitrogens is 5. The van der Waals surface area contributed by atoms with Crippen LogP contribution in [0.4, 0.5) is 0 Å². The number of aryl methyl sites for hydroxylation is 1. The average Bonchev–Trinajstić information content (AvgIpc) is 4.22. The fraction of sp³-hybridized carbons (Fsp3) is 0.0196. The summed E-state index contributed by atoms with van der Waals surface area (Å²) in [4.78, 5) is 35.9. The van der Waals surface area contributed by atoms with Gasteiger partial charge in [0.15, 0.2) is 42.0 Å². The van der Waals surface area contributed by atoms with Crippen molar-refractivity contribution in [2.75, 3.05) is 0 Å². The average molecular weight is 1070 g/mol. The fourth-order valence-corrected chi connectivity index (χ4v) is 13.4. The molecule has 0 amide bonds. The molecule has 346 valence electrons. The van der Waals surface area contributed by atoms with Gasteiger partial charge in [0.25, 0.3) is 12.7 Å². The summed E-state index contributed by atoms with van der Waals surface area (Å²) in [6, 6.07) is 24.1. The Morgan fingerprint density at radius 3 is 1.50 bits per heavy atom. The number of fused-ring (bicyclic) bond motifs is 15. The van der Waals surface area contributed by atoms with Crippen LogP contribution in [0.5, 0.6) is 28.9 Å². The third kappa shape index (κ3) is 11.2. The van der Waals surface area contributed by atoms with Gasteiger partial charge in [0, 0.05) is 73.7 Å². The molecule has 0 fully saturated rings. The van der Waals surface area contributed by atoms with E-state index in [-0.39, 0.29) is 79.5 Å². The first kappa shape index (κ1) is 57.7. The van der Waals surface area contributed by atoms with Crippen LogP contribution < -0.4 is 50.5 Å². The molecule has 0 radical (unpaired) electrons. The van der Waals surface area contributed by atoms with Gasteiger partial charge >= 0.3 is 50.6 Å². The van der Waals surface area contributed by atoms with Crippen LogP contribution in [0.2, 0.25) is 0 Å². The number of aromatic nitrogens is 10. The summed E-state index contributed by atoms with van der Waals surface area (Å²) in [5.74, 6) is 0.00556. The molecule has 0 aliphatic carbocycles. The van der Waals surface area contributed by atoms with Crippen molar-refractivity contribution < 1.29 is 50.5 Å². The van der Waals surface area contributed by atoms with E-state index in [9.17, 15) is 25.5 Å². The molecule has 0 unspecified atom stereocenters. The zero-order valence-corrected chi connectivity index (χ0v) is 44.3. The van der Waals surface area contributed by atoms with Crippen molar-refractivity contribution in [3.63, 3.8) is 0 Å². The second kappa shape index (κ2) is 24.9. The monoisotopic (exact) mass is 1070 g/mol. The van der Waals surface area contributed by atoms with Crippen LogP contribution in [0.15, 0.2) is 147 Å². The van der Waals surface area contributed by atoms with Crippen LogP contribution in [0, 0.1) is 6.92 Å². The molecular weight excluding hydrogens is 1040 g/mol. The van der Waals surface area contributed by atoms with E-state index in [2.05, 4.69) is 49.8 Å². The minimum Gasteiger partial charge on any atom is -0.872 e.